The van der Waals surface area contributed by atoms with Crippen LogP contribution in [0.1, 0.15) is 35.5 Å². The van der Waals surface area contributed by atoms with Gasteiger partial charge >= 0.3 is 0 Å². The normalized spacial score (nSPS) is 11.4. The van der Waals surface area contributed by atoms with E-state index in [9.17, 15) is 4.79 Å². The van der Waals surface area contributed by atoms with E-state index in [-0.39, 0.29) is 12.9 Å². The summed E-state index contributed by atoms with van der Waals surface area (Å²) in [6.07, 6.45) is 2.29. The van der Waals surface area contributed by atoms with Crippen molar-refractivity contribution in [2.45, 2.75) is 39.7 Å². The summed E-state index contributed by atoms with van der Waals surface area (Å²) in [4.78, 5) is 11.0. The molecule has 0 aromatic heterocycles. The third-order valence-electron chi connectivity index (χ3n) is 1.57. The van der Waals surface area contributed by atoms with Crippen molar-refractivity contribution in [3.05, 3.63) is 12.7 Å². The van der Waals surface area contributed by atoms with Crippen LogP contribution in [0.3, 0.4) is 0 Å². The average Bonchev–Trinajstić information content (AvgIpc) is 1.83. The highest BCUT2D eigenvalue weighted by atomic mass is 16.1. The molecule has 0 bridgehead atoms. The summed E-state index contributed by atoms with van der Waals surface area (Å²) in [6, 6.07) is 0. The highest BCUT2D eigenvalue weighted by Gasteiger charge is 2.19. The summed E-state index contributed by atoms with van der Waals surface area (Å²) >= 11 is 0. The molecule has 0 aromatic carbocycles. The molecule has 0 saturated heterocycles. The van der Waals surface area contributed by atoms with Gasteiger partial charge in [-0.15, -0.1) is 0 Å². The minimum absolute atomic E-state index is 0. The lowest BCUT2D eigenvalue weighted by Gasteiger charge is -2.27. The highest BCUT2D eigenvalue weighted by molar-refractivity contribution is 5.87. The molecule has 12 heavy (non-hydrogen) atoms. The predicted octanol–water partition coefficient (Wildman–Crippen LogP) is 2.36. The first-order chi connectivity index (χ1) is 5.37. The Morgan fingerprint density at radius 3 is 2.50 bits per heavy atom. The van der Waals surface area contributed by atoms with E-state index in [1.165, 1.54) is 6.08 Å². The van der Waals surface area contributed by atoms with Gasteiger partial charge in [-0.2, -0.15) is 0 Å². The topological polar surface area (TPSA) is 29.1 Å². The van der Waals surface area contributed by atoms with E-state index in [4.69, 9.17) is 0 Å². The van der Waals surface area contributed by atoms with Crippen LogP contribution < -0.4 is 5.32 Å². The van der Waals surface area contributed by atoms with Crippen molar-refractivity contribution >= 4 is 5.91 Å². The van der Waals surface area contributed by atoms with Crippen molar-refractivity contribution in [1.82, 2.24) is 5.32 Å². The minimum Gasteiger partial charge on any atom is -0.348 e. The second-order valence-electron chi connectivity index (χ2n) is 4.18. The van der Waals surface area contributed by atoms with Crippen LogP contribution in [0.5, 0.6) is 0 Å². The Hall–Kier alpha value is -0.790. The summed E-state index contributed by atoms with van der Waals surface area (Å²) in [6.45, 7) is 11.7. The molecular formula is C10H21NO. The molecular weight excluding hydrogens is 150 g/mol. The Labute approximate surface area is 76.5 Å². The lowest BCUT2D eigenvalue weighted by molar-refractivity contribution is -0.118. The number of rotatable bonds is 4. The molecule has 2 nitrogen and oxygen atoms in total. The molecule has 1 amide bonds. The van der Waals surface area contributed by atoms with E-state index in [0.717, 1.165) is 6.42 Å². The van der Waals surface area contributed by atoms with Gasteiger partial charge in [0.1, 0.15) is 0 Å². The van der Waals surface area contributed by atoms with E-state index in [0.29, 0.717) is 5.92 Å². The molecule has 1 N–H and O–H groups in total. The number of carbonyl (C=O) groups is 1. The quantitative estimate of drug-likeness (QED) is 0.646. The van der Waals surface area contributed by atoms with E-state index >= 15 is 0 Å². The van der Waals surface area contributed by atoms with Crippen LogP contribution in [-0.2, 0) is 4.79 Å². The van der Waals surface area contributed by atoms with Crippen LogP contribution in [-0.4, -0.2) is 11.4 Å². The highest BCUT2D eigenvalue weighted by Crippen LogP contribution is 2.15. The molecule has 0 aliphatic carbocycles. The predicted molar refractivity (Wildman–Crippen MR) is 54.0 cm³/mol. The van der Waals surface area contributed by atoms with E-state index in [2.05, 4.69) is 25.7 Å². The van der Waals surface area contributed by atoms with Crippen LogP contribution in [0.15, 0.2) is 12.7 Å². The zero-order valence-electron chi connectivity index (χ0n) is 8.48. The van der Waals surface area contributed by atoms with Crippen LogP contribution in [0, 0.1) is 5.92 Å². The summed E-state index contributed by atoms with van der Waals surface area (Å²) in [5.41, 5.74) is -0.126. The zero-order chi connectivity index (χ0) is 9.78. The standard InChI is InChI=1S/C10H19NO.H2/c1-6-9(12)11-10(4,5)7-8(2)3;/h6,8H,1,7H2,2-5H3,(H,11,12);1H. The maximum Gasteiger partial charge on any atom is 0.243 e. The minimum atomic E-state index is -0.126. The third-order valence-corrected chi connectivity index (χ3v) is 1.57. The van der Waals surface area contributed by atoms with Crippen molar-refractivity contribution in [2.75, 3.05) is 0 Å². The van der Waals surface area contributed by atoms with Crippen molar-refractivity contribution in [3.63, 3.8) is 0 Å². The monoisotopic (exact) mass is 171 g/mol. The largest absolute Gasteiger partial charge is 0.348 e. The summed E-state index contributed by atoms with van der Waals surface area (Å²) < 4.78 is 0. The Morgan fingerprint density at radius 1 is 1.67 bits per heavy atom. The lowest BCUT2D eigenvalue weighted by atomic mass is 9.93. The molecule has 2 heteroatoms. The van der Waals surface area contributed by atoms with Gasteiger partial charge in [0, 0.05) is 6.97 Å². The van der Waals surface area contributed by atoms with E-state index in [1.54, 1.807) is 0 Å². The van der Waals surface area contributed by atoms with Gasteiger partial charge in [-0.25, -0.2) is 0 Å². The third kappa shape index (κ3) is 4.94. The molecule has 0 radical (unpaired) electrons. The van der Waals surface area contributed by atoms with Crippen molar-refractivity contribution in [1.29, 1.82) is 0 Å². The molecule has 0 atom stereocenters. The van der Waals surface area contributed by atoms with Gasteiger partial charge in [0.2, 0.25) is 5.91 Å². The molecule has 0 saturated carbocycles. The molecule has 0 aliphatic rings. The van der Waals surface area contributed by atoms with Crippen molar-refractivity contribution in [2.24, 2.45) is 5.92 Å². The van der Waals surface area contributed by atoms with Crippen LogP contribution in [0.2, 0.25) is 0 Å². The number of nitrogens with one attached hydrogen (secondary N) is 1. The number of amides is 1. The van der Waals surface area contributed by atoms with Crippen molar-refractivity contribution in [3.8, 4) is 0 Å². The van der Waals surface area contributed by atoms with Gasteiger partial charge in [0.25, 0.3) is 0 Å². The van der Waals surface area contributed by atoms with E-state index < -0.39 is 0 Å². The Kier molecular flexibility index (Phi) is 4.01. The van der Waals surface area contributed by atoms with E-state index in [1.807, 2.05) is 13.8 Å². The fourth-order valence-electron chi connectivity index (χ4n) is 1.46. The zero-order valence-corrected chi connectivity index (χ0v) is 8.48. The first-order valence-corrected chi connectivity index (χ1v) is 4.32. The number of hydrogen-bond acceptors (Lipinski definition) is 1. The second-order valence-corrected chi connectivity index (χ2v) is 4.18. The fourth-order valence-corrected chi connectivity index (χ4v) is 1.46. The SMILES string of the molecule is C=CC(=O)NC(C)(C)CC(C)C.[HH]. The molecule has 0 fully saturated rings. The average molecular weight is 171 g/mol. The van der Waals surface area contributed by atoms with Gasteiger partial charge in [-0.05, 0) is 32.3 Å². The maximum absolute atomic E-state index is 11.0. The second kappa shape index (κ2) is 4.29. The molecule has 0 aromatic rings. The number of carbonyl (C=O) groups excluding carboxylic acids is 1. The van der Waals surface area contributed by atoms with Gasteiger partial charge in [0.05, 0.1) is 0 Å². The molecule has 0 heterocycles. The van der Waals surface area contributed by atoms with Crippen LogP contribution >= 0.6 is 0 Å². The number of hydrogen-bond donors (Lipinski definition) is 1. The van der Waals surface area contributed by atoms with Crippen LogP contribution in [0.25, 0.3) is 0 Å². The first kappa shape index (κ1) is 11.2. The molecule has 0 spiro atoms. The fraction of sp³-hybridized carbons (Fsp3) is 0.700. The lowest BCUT2D eigenvalue weighted by Crippen LogP contribution is -2.43. The summed E-state index contributed by atoms with van der Waals surface area (Å²) in [7, 11) is 0. The summed E-state index contributed by atoms with van der Waals surface area (Å²) in [5.74, 6) is 0.491. The maximum atomic E-state index is 11.0. The van der Waals surface area contributed by atoms with Gasteiger partial charge in [-0.1, -0.05) is 20.4 Å². The van der Waals surface area contributed by atoms with Crippen molar-refractivity contribution < 1.29 is 6.22 Å². The van der Waals surface area contributed by atoms with Gasteiger partial charge in [-0.3, -0.25) is 4.79 Å². The Morgan fingerprint density at radius 2 is 2.17 bits per heavy atom. The Bertz CT molecular complexity index is 176. The van der Waals surface area contributed by atoms with Crippen LogP contribution in [0.4, 0.5) is 0 Å². The summed E-state index contributed by atoms with van der Waals surface area (Å²) in [5, 5.41) is 2.88. The molecule has 0 unspecified atom stereocenters. The molecule has 0 rings (SSSR count). The first-order valence-electron chi connectivity index (χ1n) is 4.32. The van der Waals surface area contributed by atoms with Gasteiger partial charge in [0.15, 0.2) is 0 Å². The molecule has 0 aliphatic heterocycles. The smallest absolute Gasteiger partial charge is 0.243 e. The molecule has 72 valence electrons. The van der Waals surface area contributed by atoms with Gasteiger partial charge < -0.3 is 5.32 Å². The Balaban J connectivity index is 0.